The summed E-state index contributed by atoms with van der Waals surface area (Å²) < 4.78 is 13.4. The van der Waals surface area contributed by atoms with Gasteiger partial charge in [-0.05, 0) is 49.8 Å². The maximum absolute atomic E-state index is 13.4. The van der Waals surface area contributed by atoms with Crippen molar-refractivity contribution in [2.45, 2.75) is 38.3 Å². The number of rotatable bonds is 5. The van der Waals surface area contributed by atoms with Crippen molar-refractivity contribution >= 4 is 5.69 Å². The number of benzene rings is 1. The Bertz CT molecular complexity index is 473. The van der Waals surface area contributed by atoms with Crippen LogP contribution in [0.15, 0.2) is 18.2 Å². The molecule has 0 unspecified atom stereocenters. The molecule has 0 heterocycles. The molecule has 1 aromatic carbocycles. The highest BCUT2D eigenvalue weighted by Gasteiger charge is 2.19. The second-order valence-electron chi connectivity index (χ2n) is 5.35. The van der Waals surface area contributed by atoms with Crippen LogP contribution in [0.2, 0.25) is 0 Å². The molecule has 1 fully saturated rings. The lowest BCUT2D eigenvalue weighted by atomic mass is 9.87. The molecular formula is C14H19FN2O3. The molecule has 0 aliphatic heterocycles. The van der Waals surface area contributed by atoms with Crippen molar-refractivity contribution in [1.29, 1.82) is 0 Å². The van der Waals surface area contributed by atoms with Gasteiger partial charge in [-0.25, -0.2) is 0 Å². The molecule has 0 spiro atoms. The highest BCUT2D eigenvalue weighted by molar-refractivity contribution is 5.34. The Balaban J connectivity index is 1.79. The molecule has 1 saturated carbocycles. The molecule has 6 heteroatoms. The van der Waals surface area contributed by atoms with E-state index in [4.69, 9.17) is 0 Å². The van der Waals surface area contributed by atoms with Crippen LogP contribution < -0.4 is 5.32 Å². The fourth-order valence-electron chi connectivity index (χ4n) is 2.58. The highest BCUT2D eigenvalue weighted by atomic mass is 19.1. The van der Waals surface area contributed by atoms with E-state index >= 15 is 0 Å². The van der Waals surface area contributed by atoms with E-state index in [-0.39, 0.29) is 6.10 Å². The van der Waals surface area contributed by atoms with Crippen LogP contribution in [0, 0.1) is 21.8 Å². The Kier molecular flexibility index (Phi) is 5.03. The summed E-state index contributed by atoms with van der Waals surface area (Å²) in [6, 6.07) is 3.97. The van der Waals surface area contributed by atoms with Crippen LogP contribution in [0.5, 0.6) is 0 Å². The van der Waals surface area contributed by atoms with Crippen LogP contribution in [0.3, 0.4) is 0 Å². The third kappa shape index (κ3) is 3.98. The zero-order valence-electron chi connectivity index (χ0n) is 11.2. The predicted molar refractivity (Wildman–Crippen MR) is 72.7 cm³/mol. The number of nitro groups is 1. The Labute approximate surface area is 117 Å². The van der Waals surface area contributed by atoms with Gasteiger partial charge in [0, 0.05) is 12.6 Å². The Morgan fingerprint density at radius 1 is 1.35 bits per heavy atom. The third-order valence-electron chi connectivity index (χ3n) is 3.79. The van der Waals surface area contributed by atoms with E-state index in [0.717, 1.165) is 32.2 Å². The monoisotopic (exact) mass is 282 g/mol. The molecule has 0 bridgehead atoms. The van der Waals surface area contributed by atoms with Crippen LogP contribution in [-0.4, -0.2) is 22.7 Å². The van der Waals surface area contributed by atoms with E-state index in [1.54, 1.807) is 6.07 Å². The Morgan fingerprint density at radius 2 is 2.05 bits per heavy atom. The molecule has 0 saturated heterocycles. The fraction of sp³-hybridized carbons (Fsp3) is 0.571. The van der Waals surface area contributed by atoms with E-state index < -0.39 is 16.4 Å². The van der Waals surface area contributed by atoms with Gasteiger partial charge >= 0.3 is 5.69 Å². The molecule has 2 rings (SSSR count). The normalized spacial score (nSPS) is 22.7. The van der Waals surface area contributed by atoms with Crippen LogP contribution in [0.4, 0.5) is 10.1 Å². The number of aliphatic hydroxyl groups is 1. The zero-order chi connectivity index (χ0) is 14.5. The average Bonchev–Trinajstić information content (AvgIpc) is 2.41. The molecule has 20 heavy (non-hydrogen) atoms. The molecule has 0 amide bonds. The van der Waals surface area contributed by atoms with Crippen molar-refractivity contribution in [3.05, 3.63) is 39.7 Å². The lowest BCUT2D eigenvalue weighted by Crippen LogP contribution is -2.27. The smallest absolute Gasteiger partial charge is 0.304 e. The minimum Gasteiger partial charge on any atom is -0.393 e. The van der Waals surface area contributed by atoms with Gasteiger partial charge in [0.25, 0.3) is 0 Å². The van der Waals surface area contributed by atoms with Gasteiger partial charge in [0.05, 0.1) is 11.0 Å². The SMILES string of the molecule is O=[N+]([O-])c1ccc(CNCC2CCC(O)CC2)cc1F. The lowest BCUT2D eigenvalue weighted by molar-refractivity contribution is -0.387. The van der Waals surface area contributed by atoms with E-state index in [2.05, 4.69) is 5.32 Å². The summed E-state index contributed by atoms with van der Waals surface area (Å²) in [5, 5.41) is 23.2. The molecule has 1 aliphatic rings. The number of hydrogen-bond acceptors (Lipinski definition) is 4. The van der Waals surface area contributed by atoms with Gasteiger partial charge in [0.2, 0.25) is 5.82 Å². The van der Waals surface area contributed by atoms with Gasteiger partial charge in [-0.1, -0.05) is 6.07 Å². The van der Waals surface area contributed by atoms with E-state index in [0.29, 0.717) is 18.0 Å². The van der Waals surface area contributed by atoms with Gasteiger partial charge in [-0.15, -0.1) is 0 Å². The Hall–Kier alpha value is -1.53. The molecule has 1 aliphatic carbocycles. The van der Waals surface area contributed by atoms with Crippen LogP contribution >= 0.6 is 0 Å². The van der Waals surface area contributed by atoms with E-state index in [1.165, 1.54) is 12.1 Å². The number of nitrogens with zero attached hydrogens (tertiary/aromatic N) is 1. The second kappa shape index (κ2) is 6.76. The number of aliphatic hydroxyl groups excluding tert-OH is 1. The third-order valence-corrected chi connectivity index (χ3v) is 3.79. The summed E-state index contributed by atoms with van der Waals surface area (Å²) in [6.45, 7) is 1.32. The first-order valence-corrected chi connectivity index (χ1v) is 6.88. The van der Waals surface area contributed by atoms with Crippen molar-refractivity contribution in [1.82, 2.24) is 5.32 Å². The van der Waals surface area contributed by atoms with Crippen molar-refractivity contribution in [3.8, 4) is 0 Å². The lowest BCUT2D eigenvalue weighted by Gasteiger charge is -2.25. The van der Waals surface area contributed by atoms with E-state index in [9.17, 15) is 19.6 Å². The Morgan fingerprint density at radius 3 is 2.65 bits per heavy atom. The fourth-order valence-corrected chi connectivity index (χ4v) is 2.58. The molecule has 0 atom stereocenters. The maximum atomic E-state index is 13.4. The van der Waals surface area contributed by atoms with E-state index in [1.807, 2.05) is 0 Å². The molecular weight excluding hydrogens is 263 g/mol. The number of hydrogen-bond donors (Lipinski definition) is 2. The zero-order valence-corrected chi connectivity index (χ0v) is 11.2. The molecule has 2 N–H and O–H groups in total. The topological polar surface area (TPSA) is 75.4 Å². The molecule has 110 valence electrons. The minimum absolute atomic E-state index is 0.157. The summed E-state index contributed by atoms with van der Waals surface area (Å²) in [6.07, 6.45) is 3.54. The molecule has 1 aromatic rings. The van der Waals surface area contributed by atoms with Gasteiger partial charge < -0.3 is 10.4 Å². The second-order valence-corrected chi connectivity index (χ2v) is 5.35. The van der Waals surface area contributed by atoms with Crippen molar-refractivity contribution in [2.75, 3.05) is 6.54 Å². The van der Waals surface area contributed by atoms with Crippen molar-refractivity contribution in [2.24, 2.45) is 5.92 Å². The van der Waals surface area contributed by atoms with Gasteiger partial charge in [-0.2, -0.15) is 4.39 Å². The van der Waals surface area contributed by atoms with Gasteiger partial charge in [0.1, 0.15) is 0 Å². The van der Waals surface area contributed by atoms with Crippen LogP contribution in [0.25, 0.3) is 0 Å². The standard InChI is InChI=1S/C14H19FN2O3/c15-13-7-11(3-6-14(13)17(19)20)9-16-8-10-1-4-12(18)5-2-10/h3,6-7,10,12,16,18H,1-2,4-5,8-9H2. The molecule has 0 radical (unpaired) electrons. The summed E-state index contributed by atoms with van der Waals surface area (Å²) in [5.41, 5.74) is 0.207. The summed E-state index contributed by atoms with van der Waals surface area (Å²) >= 11 is 0. The summed E-state index contributed by atoms with van der Waals surface area (Å²) in [7, 11) is 0. The first kappa shape index (κ1) is 14.9. The number of halogens is 1. The largest absolute Gasteiger partial charge is 0.393 e. The first-order valence-electron chi connectivity index (χ1n) is 6.88. The van der Waals surface area contributed by atoms with Gasteiger partial charge in [0.15, 0.2) is 0 Å². The van der Waals surface area contributed by atoms with Crippen LogP contribution in [-0.2, 0) is 6.54 Å². The quantitative estimate of drug-likeness (QED) is 0.642. The summed E-state index contributed by atoms with van der Waals surface area (Å²) in [5.74, 6) is -0.253. The molecule has 0 aromatic heterocycles. The summed E-state index contributed by atoms with van der Waals surface area (Å²) in [4.78, 5) is 9.79. The number of nitro benzene ring substituents is 1. The highest BCUT2D eigenvalue weighted by Crippen LogP contribution is 2.23. The van der Waals surface area contributed by atoms with Crippen molar-refractivity contribution < 1.29 is 14.4 Å². The predicted octanol–water partition coefficient (Wildman–Crippen LogP) is 2.37. The van der Waals surface area contributed by atoms with Gasteiger partial charge in [-0.3, -0.25) is 10.1 Å². The maximum Gasteiger partial charge on any atom is 0.304 e. The minimum atomic E-state index is -0.796. The average molecular weight is 282 g/mol. The van der Waals surface area contributed by atoms with Crippen LogP contribution in [0.1, 0.15) is 31.2 Å². The molecule has 5 nitrogen and oxygen atoms in total. The number of nitrogens with one attached hydrogen (secondary N) is 1. The first-order chi connectivity index (χ1) is 9.56. The van der Waals surface area contributed by atoms with Crippen molar-refractivity contribution in [3.63, 3.8) is 0 Å².